The molecule has 0 amide bonds. The molecule has 2 unspecified atom stereocenters. The van der Waals surface area contributed by atoms with Crippen molar-refractivity contribution in [2.45, 2.75) is 32.0 Å². The number of methoxy groups -OCH3 is 2. The largest absolute Gasteiger partial charge is 0.504 e. The van der Waals surface area contributed by atoms with E-state index in [2.05, 4.69) is 38.7 Å². The minimum atomic E-state index is -0.626. The molecule has 25 heavy (non-hydrogen) atoms. The Morgan fingerprint density at radius 3 is 2.40 bits per heavy atom. The van der Waals surface area contributed by atoms with Crippen LogP contribution < -0.4 is 20.5 Å². The second-order valence-corrected chi connectivity index (χ2v) is 8.83. The molecule has 3 N–H and O–H groups in total. The number of aromatic hydroxyl groups is 1. The quantitative estimate of drug-likeness (QED) is 0.734. The van der Waals surface area contributed by atoms with Crippen LogP contribution in [0.1, 0.15) is 31.4 Å². The second kappa shape index (κ2) is 8.07. The molecule has 0 aromatic heterocycles. The predicted molar refractivity (Wildman–Crippen MR) is 106 cm³/mol. The summed E-state index contributed by atoms with van der Waals surface area (Å²) in [7, 11) is 2.55. The topological polar surface area (TPSA) is 64.7 Å². The van der Waals surface area contributed by atoms with Gasteiger partial charge >= 0.3 is 0 Å². The van der Waals surface area contributed by atoms with Gasteiger partial charge in [-0.05, 0) is 30.0 Å². The Morgan fingerprint density at radius 2 is 1.84 bits per heavy atom. The maximum Gasteiger partial charge on any atom is 0.164 e. The van der Waals surface area contributed by atoms with Gasteiger partial charge in [-0.25, -0.2) is 0 Å². The summed E-state index contributed by atoms with van der Waals surface area (Å²) in [4.78, 5) is 0. The van der Waals surface area contributed by atoms with Crippen molar-refractivity contribution in [2.24, 2.45) is 5.73 Å². The van der Waals surface area contributed by atoms with Gasteiger partial charge < -0.3 is 20.3 Å². The summed E-state index contributed by atoms with van der Waals surface area (Å²) in [6.45, 7) is 7.10. The van der Waals surface area contributed by atoms with Crippen molar-refractivity contribution >= 4 is 13.2 Å². The number of ether oxygens (including phenoxy) is 2. The fourth-order valence-corrected chi connectivity index (χ4v) is 5.60. The summed E-state index contributed by atoms with van der Waals surface area (Å²) in [5, 5.41) is 11.8. The third kappa shape index (κ3) is 3.61. The molecule has 0 heterocycles. The highest BCUT2D eigenvalue weighted by Gasteiger charge is 2.36. The summed E-state index contributed by atoms with van der Waals surface area (Å²) in [5.74, 6) is 1.30. The van der Waals surface area contributed by atoms with Crippen LogP contribution in [0.2, 0.25) is 0 Å². The van der Waals surface area contributed by atoms with Crippen LogP contribution in [-0.4, -0.2) is 26.0 Å². The van der Waals surface area contributed by atoms with Gasteiger partial charge in [0.15, 0.2) is 11.5 Å². The zero-order chi connectivity index (χ0) is 18.6. The molecule has 4 nitrogen and oxygen atoms in total. The highest BCUT2D eigenvalue weighted by atomic mass is 31.1. The number of hydrogen-bond acceptors (Lipinski definition) is 4. The SMILES string of the molecule is CCC(C)(c1cc(OC)cc(OC)c1O)P(C)c1ccccc1CN. The lowest BCUT2D eigenvalue weighted by Gasteiger charge is -2.38. The van der Waals surface area contributed by atoms with Crippen molar-refractivity contribution in [2.75, 3.05) is 20.9 Å². The molecule has 0 bridgehead atoms. The van der Waals surface area contributed by atoms with Crippen LogP contribution in [0.15, 0.2) is 36.4 Å². The van der Waals surface area contributed by atoms with E-state index in [1.54, 1.807) is 20.3 Å². The first kappa shape index (κ1) is 19.6. The molecule has 5 heteroatoms. The lowest BCUT2D eigenvalue weighted by Crippen LogP contribution is -2.26. The Labute approximate surface area is 151 Å². The lowest BCUT2D eigenvalue weighted by molar-refractivity contribution is 0.357. The smallest absolute Gasteiger partial charge is 0.164 e. The van der Waals surface area contributed by atoms with Crippen LogP contribution in [-0.2, 0) is 11.7 Å². The van der Waals surface area contributed by atoms with E-state index in [1.165, 1.54) is 5.30 Å². The predicted octanol–water partition coefficient (Wildman–Crippen LogP) is 3.93. The van der Waals surface area contributed by atoms with Crippen molar-refractivity contribution in [1.29, 1.82) is 0 Å². The summed E-state index contributed by atoms with van der Waals surface area (Å²) in [6, 6.07) is 11.9. The minimum absolute atomic E-state index is 0.187. The van der Waals surface area contributed by atoms with E-state index in [0.29, 0.717) is 18.0 Å². The summed E-state index contributed by atoms with van der Waals surface area (Å²) in [6.07, 6.45) is 0.873. The van der Waals surface area contributed by atoms with Crippen LogP contribution in [0.25, 0.3) is 0 Å². The van der Waals surface area contributed by atoms with Crippen molar-refractivity contribution in [3.05, 3.63) is 47.5 Å². The molecule has 136 valence electrons. The first-order valence-electron chi connectivity index (χ1n) is 8.40. The maximum atomic E-state index is 10.8. The van der Waals surface area contributed by atoms with E-state index < -0.39 is 7.92 Å². The summed E-state index contributed by atoms with van der Waals surface area (Å²) in [5.41, 5.74) is 7.96. The molecule has 0 aliphatic rings. The Bertz CT molecular complexity index is 735. The Morgan fingerprint density at radius 1 is 1.16 bits per heavy atom. The third-order valence-corrected chi connectivity index (χ3v) is 8.28. The summed E-state index contributed by atoms with van der Waals surface area (Å²) < 4.78 is 10.8. The van der Waals surface area contributed by atoms with Gasteiger partial charge in [0.1, 0.15) is 5.75 Å². The van der Waals surface area contributed by atoms with Crippen LogP contribution in [0.5, 0.6) is 17.2 Å². The fraction of sp³-hybridized carbons (Fsp3) is 0.400. The Kier molecular flexibility index (Phi) is 6.31. The van der Waals surface area contributed by atoms with E-state index >= 15 is 0 Å². The van der Waals surface area contributed by atoms with Gasteiger partial charge in [-0.1, -0.05) is 46.0 Å². The second-order valence-electron chi connectivity index (χ2n) is 6.25. The average molecular weight is 361 g/mol. The number of phenolic OH excluding ortho intramolecular Hbond substituents is 1. The van der Waals surface area contributed by atoms with E-state index in [1.807, 2.05) is 12.1 Å². The van der Waals surface area contributed by atoms with Crippen molar-refractivity contribution in [3.63, 3.8) is 0 Å². The first-order chi connectivity index (χ1) is 11.9. The van der Waals surface area contributed by atoms with Crippen LogP contribution in [0.3, 0.4) is 0 Å². The van der Waals surface area contributed by atoms with E-state index in [0.717, 1.165) is 17.5 Å². The minimum Gasteiger partial charge on any atom is -0.504 e. The van der Waals surface area contributed by atoms with Crippen LogP contribution in [0.4, 0.5) is 0 Å². The van der Waals surface area contributed by atoms with Gasteiger partial charge in [0.25, 0.3) is 0 Å². The standard InChI is InChI=1S/C20H28NO3P/c1-6-20(2,25(5)18-10-8-7-9-14(18)13-21)16-11-15(23-3)12-17(24-4)19(16)22/h7-12,22H,6,13,21H2,1-5H3. The molecule has 2 atom stereocenters. The molecule has 0 saturated heterocycles. The fourth-order valence-electron chi connectivity index (χ4n) is 3.15. The number of benzene rings is 2. The Balaban J connectivity index is 2.64. The first-order valence-corrected chi connectivity index (χ1v) is 10.2. The highest BCUT2D eigenvalue weighted by Crippen LogP contribution is 2.58. The molecule has 2 aromatic carbocycles. The zero-order valence-electron chi connectivity index (χ0n) is 15.7. The van der Waals surface area contributed by atoms with Crippen molar-refractivity contribution in [3.8, 4) is 17.2 Å². The van der Waals surface area contributed by atoms with Gasteiger partial charge in [-0.2, -0.15) is 0 Å². The molecule has 2 aromatic rings. The Hall–Kier alpha value is -1.77. The molecular weight excluding hydrogens is 333 g/mol. The van der Waals surface area contributed by atoms with E-state index in [4.69, 9.17) is 15.2 Å². The van der Waals surface area contributed by atoms with Crippen LogP contribution >= 0.6 is 7.92 Å². The molecule has 0 aliphatic carbocycles. The number of phenols is 1. The third-order valence-electron chi connectivity index (χ3n) is 5.09. The molecule has 0 spiro atoms. The van der Waals surface area contributed by atoms with Gasteiger partial charge in [0.2, 0.25) is 0 Å². The lowest BCUT2D eigenvalue weighted by atomic mass is 9.95. The molecular formula is C20H28NO3P. The van der Waals surface area contributed by atoms with E-state index in [-0.39, 0.29) is 10.9 Å². The molecule has 0 fully saturated rings. The normalized spacial score (nSPS) is 14.6. The van der Waals surface area contributed by atoms with Crippen LogP contribution in [0, 0.1) is 0 Å². The van der Waals surface area contributed by atoms with E-state index in [9.17, 15) is 5.11 Å². The number of rotatable bonds is 7. The maximum absolute atomic E-state index is 10.8. The zero-order valence-corrected chi connectivity index (χ0v) is 16.6. The molecule has 0 aliphatic heterocycles. The molecule has 0 saturated carbocycles. The summed E-state index contributed by atoms with van der Waals surface area (Å²) >= 11 is 0. The average Bonchev–Trinajstić information content (AvgIpc) is 2.66. The van der Waals surface area contributed by atoms with Gasteiger partial charge in [0.05, 0.1) is 14.2 Å². The van der Waals surface area contributed by atoms with Gasteiger partial charge in [-0.15, -0.1) is 0 Å². The highest BCUT2D eigenvalue weighted by molar-refractivity contribution is 7.66. The molecule has 0 radical (unpaired) electrons. The van der Waals surface area contributed by atoms with Gasteiger partial charge in [-0.3, -0.25) is 0 Å². The number of hydrogen-bond donors (Lipinski definition) is 2. The van der Waals surface area contributed by atoms with Gasteiger partial charge in [0, 0.05) is 23.3 Å². The van der Waals surface area contributed by atoms with Crippen molar-refractivity contribution < 1.29 is 14.6 Å². The van der Waals surface area contributed by atoms with Crippen molar-refractivity contribution in [1.82, 2.24) is 0 Å². The molecule has 2 rings (SSSR count). The number of nitrogens with two attached hydrogens (primary N) is 1. The monoisotopic (exact) mass is 361 g/mol.